The van der Waals surface area contributed by atoms with Gasteiger partial charge in [-0.1, -0.05) is 6.92 Å². The molecule has 0 aromatic carbocycles. The van der Waals surface area contributed by atoms with Crippen molar-refractivity contribution in [3.8, 4) is 5.75 Å². The van der Waals surface area contributed by atoms with Gasteiger partial charge in [-0.15, -0.1) is 0 Å². The Morgan fingerprint density at radius 2 is 2.22 bits per heavy atom. The summed E-state index contributed by atoms with van der Waals surface area (Å²) in [4.78, 5) is 0. The van der Waals surface area contributed by atoms with E-state index >= 15 is 0 Å². The van der Waals surface area contributed by atoms with Gasteiger partial charge < -0.3 is 14.8 Å². The van der Waals surface area contributed by atoms with Crippen LogP contribution in [0.5, 0.6) is 5.75 Å². The van der Waals surface area contributed by atoms with Crippen molar-refractivity contribution >= 4 is 0 Å². The maximum Gasteiger partial charge on any atom is 0.161 e. The molecule has 0 spiro atoms. The second-order valence-electron chi connectivity index (χ2n) is 4.21. The molecule has 0 fully saturated rings. The summed E-state index contributed by atoms with van der Waals surface area (Å²) in [5.74, 6) is 0.836. The number of ether oxygens (including phenoxy) is 2. The monoisotopic (exact) mass is 255 g/mol. The highest BCUT2D eigenvalue weighted by atomic mass is 16.5. The zero-order chi connectivity index (χ0) is 13.4. The molecule has 1 atom stereocenters. The molecule has 0 aliphatic heterocycles. The van der Waals surface area contributed by atoms with Gasteiger partial charge in [-0.25, -0.2) is 0 Å². The van der Waals surface area contributed by atoms with Crippen LogP contribution in [0, 0.1) is 0 Å². The molecule has 0 aliphatic carbocycles. The van der Waals surface area contributed by atoms with Crippen LogP contribution >= 0.6 is 0 Å². The van der Waals surface area contributed by atoms with Crippen molar-refractivity contribution in [2.45, 2.75) is 32.7 Å². The van der Waals surface area contributed by atoms with E-state index in [2.05, 4.69) is 17.3 Å². The quantitative estimate of drug-likeness (QED) is 0.685. The lowest BCUT2D eigenvalue weighted by Crippen LogP contribution is -2.26. The van der Waals surface area contributed by atoms with Crippen molar-refractivity contribution in [2.24, 2.45) is 7.05 Å². The number of rotatable bonds is 9. The molecule has 0 aliphatic rings. The van der Waals surface area contributed by atoms with Crippen LogP contribution in [0.1, 0.15) is 38.4 Å². The third-order valence-corrected chi connectivity index (χ3v) is 2.89. The molecule has 1 N–H and O–H groups in total. The molecule has 0 amide bonds. The Balaban J connectivity index is 2.75. The van der Waals surface area contributed by atoms with E-state index in [9.17, 15) is 0 Å². The summed E-state index contributed by atoms with van der Waals surface area (Å²) in [5, 5.41) is 7.78. The van der Waals surface area contributed by atoms with Gasteiger partial charge in [-0.05, 0) is 26.3 Å². The average molecular weight is 255 g/mol. The smallest absolute Gasteiger partial charge is 0.161 e. The SMILES string of the molecule is CCCNC(CCOCC)c1c(OC)cnn1C. The summed E-state index contributed by atoms with van der Waals surface area (Å²) in [5.41, 5.74) is 1.09. The number of nitrogens with one attached hydrogen (secondary N) is 1. The molecule has 1 unspecified atom stereocenters. The molecule has 0 bridgehead atoms. The largest absolute Gasteiger partial charge is 0.493 e. The molecule has 18 heavy (non-hydrogen) atoms. The fourth-order valence-electron chi connectivity index (χ4n) is 1.98. The van der Waals surface area contributed by atoms with E-state index in [0.717, 1.165) is 44.0 Å². The van der Waals surface area contributed by atoms with Gasteiger partial charge in [0, 0.05) is 20.3 Å². The van der Waals surface area contributed by atoms with Crippen molar-refractivity contribution in [2.75, 3.05) is 26.9 Å². The predicted octanol–water partition coefficient (Wildman–Crippen LogP) is 1.90. The van der Waals surface area contributed by atoms with Crippen LogP contribution in [-0.2, 0) is 11.8 Å². The summed E-state index contributed by atoms with van der Waals surface area (Å²) in [6, 6.07) is 0.221. The van der Waals surface area contributed by atoms with Gasteiger partial charge in [0.15, 0.2) is 5.75 Å². The summed E-state index contributed by atoms with van der Waals surface area (Å²) in [7, 11) is 3.62. The molecule has 1 rings (SSSR count). The van der Waals surface area contributed by atoms with Crippen molar-refractivity contribution in [1.29, 1.82) is 0 Å². The van der Waals surface area contributed by atoms with Crippen molar-refractivity contribution in [3.05, 3.63) is 11.9 Å². The van der Waals surface area contributed by atoms with Gasteiger partial charge in [0.2, 0.25) is 0 Å². The van der Waals surface area contributed by atoms with Crippen molar-refractivity contribution in [1.82, 2.24) is 15.1 Å². The number of aryl methyl sites for hydroxylation is 1. The van der Waals surface area contributed by atoms with Gasteiger partial charge in [0.25, 0.3) is 0 Å². The van der Waals surface area contributed by atoms with Gasteiger partial charge in [-0.2, -0.15) is 5.10 Å². The van der Waals surface area contributed by atoms with E-state index in [4.69, 9.17) is 9.47 Å². The maximum absolute atomic E-state index is 5.44. The number of methoxy groups -OCH3 is 1. The van der Waals surface area contributed by atoms with E-state index in [0.29, 0.717) is 0 Å². The minimum Gasteiger partial charge on any atom is -0.493 e. The second kappa shape index (κ2) is 8.11. The van der Waals surface area contributed by atoms with Gasteiger partial charge in [-0.3, -0.25) is 4.68 Å². The highest BCUT2D eigenvalue weighted by molar-refractivity contribution is 5.28. The molecule has 1 aromatic heterocycles. The van der Waals surface area contributed by atoms with Crippen LogP contribution in [0.3, 0.4) is 0 Å². The Bertz CT molecular complexity index is 339. The second-order valence-corrected chi connectivity index (χ2v) is 4.21. The molecule has 104 valence electrons. The van der Waals surface area contributed by atoms with Crippen LogP contribution in [0.25, 0.3) is 0 Å². The molecular weight excluding hydrogens is 230 g/mol. The highest BCUT2D eigenvalue weighted by Gasteiger charge is 2.19. The first-order chi connectivity index (χ1) is 8.74. The van der Waals surface area contributed by atoms with E-state index in [1.807, 2.05) is 18.7 Å². The van der Waals surface area contributed by atoms with E-state index in [1.54, 1.807) is 13.3 Å². The summed E-state index contributed by atoms with van der Waals surface area (Å²) >= 11 is 0. The zero-order valence-electron chi connectivity index (χ0n) is 11.9. The molecule has 5 heteroatoms. The Hall–Kier alpha value is -1.07. The Morgan fingerprint density at radius 3 is 2.83 bits per heavy atom. The lowest BCUT2D eigenvalue weighted by molar-refractivity contribution is 0.135. The van der Waals surface area contributed by atoms with Crippen molar-refractivity contribution < 1.29 is 9.47 Å². The molecule has 1 heterocycles. The molecule has 1 aromatic rings. The number of aromatic nitrogens is 2. The normalized spacial score (nSPS) is 12.7. The fraction of sp³-hybridized carbons (Fsp3) is 0.769. The molecule has 5 nitrogen and oxygen atoms in total. The molecule has 0 radical (unpaired) electrons. The zero-order valence-corrected chi connectivity index (χ0v) is 11.9. The lowest BCUT2D eigenvalue weighted by Gasteiger charge is -2.20. The number of hydrogen-bond acceptors (Lipinski definition) is 4. The Kier molecular flexibility index (Phi) is 6.75. The first-order valence-electron chi connectivity index (χ1n) is 6.61. The minimum absolute atomic E-state index is 0.221. The topological polar surface area (TPSA) is 48.3 Å². The van der Waals surface area contributed by atoms with Crippen LogP contribution in [0.2, 0.25) is 0 Å². The first kappa shape index (κ1) is 15.0. The Morgan fingerprint density at radius 1 is 1.44 bits per heavy atom. The van der Waals surface area contributed by atoms with Gasteiger partial charge in [0.1, 0.15) is 0 Å². The van der Waals surface area contributed by atoms with Crippen LogP contribution < -0.4 is 10.1 Å². The van der Waals surface area contributed by atoms with E-state index < -0.39 is 0 Å². The summed E-state index contributed by atoms with van der Waals surface area (Å²) in [6.07, 6.45) is 3.78. The summed E-state index contributed by atoms with van der Waals surface area (Å²) < 4.78 is 12.7. The standard InChI is InChI=1S/C13H25N3O2/c1-5-8-14-11(7-9-18-6-2)13-12(17-4)10-15-16(13)3/h10-11,14H,5-9H2,1-4H3. The lowest BCUT2D eigenvalue weighted by atomic mass is 10.1. The number of nitrogens with zero attached hydrogens (tertiary/aromatic N) is 2. The third-order valence-electron chi connectivity index (χ3n) is 2.89. The van der Waals surface area contributed by atoms with Gasteiger partial charge in [0.05, 0.1) is 25.0 Å². The predicted molar refractivity (Wildman–Crippen MR) is 71.9 cm³/mol. The first-order valence-corrected chi connectivity index (χ1v) is 6.61. The molecule has 0 saturated heterocycles. The molecular formula is C13H25N3O2. The van der Waals surface area contributed by atoms with Crippen LogP contribution in [0.15, 0.2) is 6.20 Å². The van der Waals surface area contributed by atoms with Gasteiger partial charge >= 0.3 is 0 Å². The maximum atomic E-state index is 5.44. The third kappa shape index (κ3) is 3.99. The minimum atomic E-state index is 0.221. The van der Waals surface area contributed by atoms with Crippen LogP contribution in [-0.4, -0.2) is 36.6 Å². The van der Waals surface area contributed by atoms with Crippen LogP contribution in [0.4, 0.5) is 0 Å². The Labute approximate surface area is 109 Å². The average Bonchev–Trinajstić information content (AvgIpc) is 2.75. The number of hydrogen-bond donors (Lipinski definition) is 1. The highest BCUT2D eigenvalue weighted by Crippen LogP contribution is 2.26. The van der Waals surface area contributed by atoms with E-state index in [-0.39, 0.29) is 6.04 Å². The fourth-order valence-corrected chi connectivity index (χ4v) is 1.98. The van der Waals surface area contributed by atoms with Crippen molar-refractivity contribution in [3.63, 3.8) is 0 Å². The summed E-state index contributed by atoms with van der Waals surface area (Å²) in [6.45, 7) is 6.65. The van der Waals surface area contributed by atoms with E-state index in [1.165, 1.54) is 0 Å². The molecule has 0 saturated carbocycles.